The number of carbonyl (C=O) groups excluding carboxylic acids is 2. The predicted octanol–water partition coefficient (Wildman–Crippen LogP) is 5.18. The number of hydrogen-bond donors (Lipinski definition) is 2. The van der Waals surface area contributed by atoms with Crippen molar-refractivity contribution in [1.82, 2.24) is 0 Å². The first-order valence-electron chi connectivity index (χ1n) is 14.9. The summed E-state index contributed by atoms with van der Waals surface area (Å²) in [6.45, 7) is 2.07. The van der Waals surface area contributed by atoms with Crippen LogP contribution in [0.15, 0.2) is 48.5 Å². The molecule has 218 valence electrons. The molecule has 2 aromatic carbocycles. The fourth-order valence-electron chi connectivity index (χ4n) is 6.34. The molecule has 7 nitrogen and oxygen atoms in total. The molecule has 5 atom stereocenters. The second kappa shape index (κ2) is 15.2. The van der Waals surface area contributed by atoms with Gasteiger partial charge in [0.15, 0.2) is 6.61 Å². The van der Waals surface area contributed by atoms with Crippen molar-refractivity contribution in [2.24, 2.45) is 17.8 Å². The van der Waals surface area contributed by atoms with Gasteiger partial charge in [0.25, 0.3) is 0 Å². The molecule has 2 aliphatic rings. The Morgan fingerprint density at radius 1 is 0.975 bits per heavy atom. The number of carbonyl (C=O) groups is 2. The molecule has 0 heterocycles. The highest BCUT2D eigenvalue weighted by atomic mass is 16.6. The van der Waals surface area contributed by atoms with Gasteiger partial charge in [-0.15, -0.1) is 0 Å². The van der Waals surface area contributed by atoms with Crippen molar-refractivity contribution in [3.05, 3.63) is 65.2 Å². The molecule has 2 aromatic rings. The van der Waals surface area contributed by atoms with Gasteiger partial charge in [-0.3, -0.25) is 4.79 Å². The third-order valence-corrected chi connectivity index (χ3v) is 8.48. The number of fused-ring (bicyclic) bond motifs is 2. The molecule has 4 rings (SSSR count). The lowest BCUT2D eigenvalue weighted by molar-refractivity contribution is -0.151. The number of esters is 2. The van der Waals surface area contributed by atoms with Crippen molar-refractivity contribution in [2.45, 2.75) is 89.9 Å². The molecule has 0 radical (unpaired) electrons. The second-order valence-electron chi connectivity index (χ2n) is 11.3. The molecule has 40 heavy (non-hydrogen) atoms. The van der Waals surface area contributed by atoms with E-state index in [1.165, 1.54) is 5.56 Å². The maximum Gasteiger partial charge on any atom is 0.344 e. The van der Waals surface area contributed by atoms with E-state index in [1.807, 2.05) is 42.5 Å². The average Bonchev–Trinajstić information content (AvgIpc) is 3.26. The Labute approximate surface area is 237 Å². The van der Waals surface area contributed by atoms with E-state index in [9.17, 15) is 19.8 Å². The summed E-state index contributed by atoms with van der Waals surface area (Å²) >= 11 is 0. The monoisotopic (exact) mass is 552 g/mol. The minimum atomic E-state index is -0.531. The van der Waals surface area contributed by atoms with Crippen molar-refractivity contribution in [1.29, 1.82) is 0 Å². The quantitative estimate of drug-likeness (QED) is 0.232. The van der Waals surface area contributed by atoms with E-state index >= 15 is 0 Å². The first kappa shape index (κ1) is 30.1. The average molecular weight is 553 g/mol. The zero-order valence-electron chi connectivity index (χ0n) is 23.6. The Morgan fingerprint density at radius 3 is 2.60 bits per heavy atom. The van der Waals surface area contributed by atoms with Crippen molar-refractivity contribution in [2.75, 3.05) is 13.2 Å². The number of aliphatic hydroxyl groups is 2. The molecular weight excluding hydrogens is 508 g/mol. The number of rotatable bonds is 15. The van der Waals surface area contributed by atoms with Crippen LogP contribution in [0.5, 0.6) is 5.75 Å². The Morgan fingerprint density at radius 2 is 1.80 bits per heavy atom. The summed E-state index contributed by atoms with van der Waals surface area (Å²) in [5, 5.41) is 21.3. The van der Waals surface area contributed by atoms with Gasteiger partial charge in [0.05, 0.1) is 18.6 Å². The van der Waals surface area contributed by atoms with E-state index in [-0.39, 0.29) is 44.4 Å². The molecule has 1 saturated carbocycles. The Balaban J connectivity index is 1.21. The van der Waals surface area contributed by atoms with Crippen molar-refractivity contribution in [3.8, 4) is 5.75 Å². The zero-order chi connectivity index (χ0) is 28.3. The lowest BCUT2D eigenvalue weighted by Crippen LogP contribution is -2.28. The number of hydrogen-bond acceptors (Lipinski definition) is 7. The van der Waals surface area contributed by atoms with Crippen LogP contribution in [0.3, 0.4) is 0 Å². The van der Waals surface area contributed by atoms with E-state index < -0.39 is 11.9 Å². The van der Waals surface area contributed by atoms with Gasteiger partial charge in [0.1, 0.15) is 19.0 Å². The lowest BCUT2D eigenvalue weighted by Gasteiger charge is -2.32. The van der Waals surface area contributed by atoms with Gasteiger partial charge in [-0.2, -0.15) is 0 Å². The topological polar surface area (TPSA) is 102 Å². The molecule has 0 aromatic heterocycles. The van der Waals surface area contributed by atoms with Crippen molar-refractivity contribution < 1.29 is 34.0 Å². The van der Waals surface area contributed by atoms with E-state index in [2.05, 4.69) is 13.0 Å². The van der Waals surface area contributed by atoms with Crippen LogP contribution in [-0.2, 0) is 38.5 Å². The summed E-state index contributed by atoms with van der Waals surface area (Å²) in [6, 6.07) is 15.3. The van der Waals surface area contributed by atoms with E-state index in [1.54, 1.807) is 0 Å². The molecule has 2 N–H and O–H groups in total. The standard InChI is InChI=1S/C33H44O7/c1-2-3-5-12-26(34)14-15-27-28-18-24-11-8-13-31(29(24)19-25(28)20-30(27)35)39-22-33(37)38-17-16-32(36)40-21-23-9-6-4-7-10-23/h4,6-11,13,25-28,30,34-35H,2-3,5,12,14-22H2,1H3/t25-,26-,27+,28-,30+/m0/s1. The zero-order valence-corrected chi connectivity index (χ0v) is 23.6. The molecule has 0 bridgehead atoms. The van der Waals surface area contributed by atoms with Crippen molar-refractivity contribution >= 4 is 11.9 Å². The van der Waals surface area contributed by atoms with Crippen LogP contribution in [0.1, 0.15) is 75.0 Å². The number of benzene rings is 2. The fraction of sp³-hybridized carbons (Fsp3) is 0.576. The van der Waals surface area contributed by atoms with Gasteiger partial charge >= 0.3 is 11.9 Å². The van der Waals surface area contributed by atoms with Gasteiger partial charge in [-0.25, -0.2) is 4.79 Å². The highest BCUT2D eigenvalue weighted by Crippen LogP contribution is 2.48. The summed E-state index contributed by atoms with van der Waals surface area (Å²) in [5.74, 6) is 0.691. The maximum absolute atomic E-state index is 12.3. The molecule has 0 amide bonds. The maximum atomic E-state index is 12.3. The number of ether oxygens (including phenoxy) is 3. The first-order valence-corrected chi connectivity index (χ1v) is 14.9. The third kappa shape index (κ3) is 8.55. The normalized spacial score (nSPS) is 22.2. The van der Waals surface area contributed by atoms with Gasteiger partial charge in [-0.05, 0) is 79.0 Å². The Hall–Kier alpha value is -2.90. The summed E-state index contributed by atoms with van der Waals surface area (Å²) in [4.78, 5) is 24.2. The first-order chi connectivity index (χ1) is 19.4. The lowest BCUT2D eigenvalue weighted by atomic mass is 9.73. The fourth-order valence-corrected chi connectivity index (χ4v) is 6.34. The largest absolute Gasteiger partial charge is 0.482 e. The predicted molar refractivity (Wildman–Crippen MR) is 152 cm³/mol. The summed E-state index contributed by atoms with van der Waals surface area (Å²) < 4.78 is 16.3. The minimum absolute atomic E-state index is 0.0123. The minimum Gasteiger partial charge on any atom is -0.482 e. The summed E-state index contributed by atoms with van der Waals surface area (Å²) in [5.41, 5.74) is 3.21. The van der Waals surface area contributed by atoms with E-state index in [0.29, 0.717) is 17.6 Å². The molecule has 1 fully saturated rings. The van der Waals surface area contributed by atoms with Gasteiger partial charge in [0.2, 0.25) is 0 Å². The smallest absolute Gasteiger partial charge is 0.344 e. The molecule has 0 saturated heterocycles. The number of aliphatic hydroxyl groups excluding tert-OH is 2. The van der Waals surface area contributed by atoms with Crippen LogP contribution in [0.2, 0.25) is 0 Å². The van der Waals surface area contributed by atoms with Gasteiger partial charge in [0, 0.05) is 0 Å². The third-order valence-electron chi connectivity index (χ3n) is 8.48. The summed E-state index contributed by atoms with van der Waals surface area (Å²) in [6.07, 6.45) is 7.61. The van der Waals surface area contributed by atoms with Crippen LogP contribution >= 0.6 is 0 Å². The van der Waals surface area contributed by atoms with Crippen LogP contribution in [0.25, 0.3) is 0 Å². The van der Waals surface area contributed by atoms with Crippen LogP contribution < -0.4 is 4.74 Å². The SMILES string of the molecule is CCCCC[C@H](O)CC[C@@H]1[C@H]2Cc3cccc(OCC(=O)OCCC(=O)OCc4ccccc4)c3C[C@H]2C[C@H]1O. The van der Waals surface area contributed by atoms with E-state index in [4.69, 9.17) is 14.2 Å². The van der Waals surface area contributed by atoms with E-state index in [0.717, 1.165) is 68.9 Å². The summed E-state index contributed by atoms with van der Waals surface area (Å²) in [7, 11) is 0. The molecule has 0 unspecified atom stereocenters. The highest BCUT2D eigenvalue weighted by Gasteiger charge is 2.44. The van der Waals surface area contributed by atoms with Crippen molar-refractivity contribution in [3.63, 3.8) is 0 Å². The second-order valence-corrected chi connectivity index (χ2v) is 11.3. The Bertz CT molecular complexity index is 1090. The number of unbranched alkanes of at least 4 members (excludes halogenated alkanes) is 2. The highest BCUT2D eigenvalue weighted by molar-refractivity contribution is 5.73. The molecule has 7 heteroatoms. The van der Waals surface area contributed by atoms with Gasteiger partial charge < -0.3 is 24.4 Å². The molecule has 0 spiro atoms. The van der Waals surface area contributed by atoms with Crippen LogP contribution in [-0.4, -0.2) is 47.6 Å². The van der Waals surface area contributed by atoms with Crippen LogP contribution in [0.4, 0.5) is 0 Å². The van der Waals surface area contributed by atoms with Gasteiger partial charge in [-0.1, -0.05) is 68.7 Å². The molecule has 2 aliphatic carbocycles. The van der Waals surface area contributed by atoms with Crippen LogP contribution in [0, 0.1) is 17.8 Å². The Kier molecular flexibility index (Phi) is 11.4. The molecular formula is C33H44O7. The molecule has 0 aliphatic heterocycles.